The number of anilines is 2. The molecule has 1 aromatic carbocycles. The number of hydrogen-bond acceptors (Lipinski definition) is 5. The van der Waals surface area contributed by atoms with Crippen LogP contribution >= 0.6 is 0 Å². The molecular formula is C20H27N5O. The van der Waals surface area contributed by atoms with E-state index in [1.165, 1.54) is 5.56 Å². The van der Waals surface area contributed by atoms with Crippen molar-refractivity contribution >= 4 is 17.5 Å². The van der Waals surface area contributed by atoms with E-state index in [0.29, 0.717) is 13.1 Å². The highest BCUT2D eigenvalue weighted by Crippen LogP contribution is 2.19. The summed E-state index contributed by atoms with van der Waals surface area (Å²) in [4.78, 5) is 25.9. The zero-order valence-electron chi connectivity index (χ0n) is 16.0. The molecule has 6 nitrogen and oxygen atoms in total. The van der Waals surface area contributed by atoms with Crippen LogP contribution in [0.1, 0.15) is 34.2 Å². The van der Waals surface area contributed by atoms with E-state index < -0.39 is 0 Å². The number of carbonyl (C=O) groups excluding carboxylic acids is 1. The van der Waals surface area contributed by atoms with Gasteiger partial charge in [-0.15, -0.1) is 0 Å². The summed E-state index contributed by atoms with van der Waals surface area (Å²) in [5.74, 6) is 2.64. The summed E-state index contributed by atoms with van der Waals surface area (Å²) in [5.41, 5.74) is 3.14. The van der Waals surface area contributed by atoms with Crippen LogP contribution in [0, 0.1) is 20.8 Å². The summed E-state index contributed by atoms with van der Waals surface area (Å²) >= 11 is 0. The molecule has 26 heavy (non-hydrogen) atoms. The fraction of sp³-hybridized carbons (Fsp3) is 0.450. The molecule has 0 bridgehead atoms. The number of hydrogen-bond donors (Lipinski definition) is 1. The van der Waals surface area contributed by atoms with Crippen molar-refractivity contribution in [3.63, 3.8) is 0 Å². The third kappa shape index (κ3) is 3.95. The predicted octanol–water partition coefficient (Wildman–Crippen LogP) is 2.80. The van der Waals surface area contributed by atoms with Gasteiger partial charge in [0, 0.05) is 44.4 Å². The number of nitrogens with one attached hydrogen (secondary N) is 1. The topological polar surface area (TPSA) is 61.4 Å². The number of carbonyl (C=O) groups is 1. The number of rotatable bonds is 4. The molecule has 6 heteroatoms. The second-order valence-corrected chi connectivity index (χ2v) is 6.77. The van der Waals surface area contributed by atoms with Crippen molar-refractivity contribution in [3.8, 4) is 0 Å². The molecular weight excluding hydrogens is 326 g/mol. The largest absolute Gasteiger partial charge is 0.370 e. The summed E-state index contributed by atoms with van der Waals surface area (Å²) in [6.45, 7) is 11.8. The number of aryl methyl sites for hydroxylation is 3. The average molecular weight is 353 g/mol. The molecule has 2 heterocycles. The molecule has 138 valence electrons. The summed E-state index contributed by atoms with van der Waals surface area (Å²) in [6, 6.07) is 7.91. The van der Waals surface area contributed by atoms with Crippen LogP contribution in [-0.4, -0.2) is 53.5 Å². The molecule has 0 aliphatic carbocycles. The van der Waals surface area contributed by atoms with E-state index in [4.69, 9.17) is 0 Å². The zero-order valence-corrected chi connectivity index (χ0v) is 16.0. The highest BCUT2D eigenvalue weighted by molar-refractivity contribution is 5.94. The third-order valence-corrected chi connectivity index (χ3v) is 4.83. The van der Waals surface area contributed by atoms with Crippen LogP contribution in [-0.2, 0) is 0 Å². The van der Waals surface area contributed by atoms with E-state index in [2.05, 4.69) is 27.1 Å². The Labute approximate surface area is 155 Å². The van der Waals surface area contributed by atoms with Gasteiger partial charge in [0.15, 0.2) is 0 Å². The van der Waals surface area contributed by atoms with Crippen LogP contribution in [0.5, 0.6) is 0 Å². The Morgan fingerprint density at radius 1 is 1.04 bits per heavy atom. The molecule has 1 saturated heterocycles. The molecule has 1 aliphatic heterocycles. The zero-order chi connectivity index (χ0) is 18.7. The Hall–Kier alpha value is -2.63. The predicted molar refractivity (Wildman–Crippen MR) is 105 cm³/mol. The number of aromatic nitrogens is 2. The van der Waals surface area contributed by atoms with Crippen molar-refractivity contribution in [3.05, 3.63) is 46.8 Å². The molecule has 1 N–H and O–H groups in total. The number of nitrogens with zero attached hydrogens (tertiary/aromatic N) is 4. The first kappa shape index (κ1) is 18.2. The van der Waals surface area contributed by atoms with Gasteiger partial charge in [0.2, 0.25) is 0 Å². The molecule has 0 atom stereocenters. The maximum absolute atomic E-state index is 12.8. The highest BCUT2D eigenvalue weighted by atomic mass is 16.2. The van der Waals surface area contributed by atoms with Gasteiger partial charge in [-0.05, 0) is 51.0 Å². The summed E-state index contributed by atoms with van der Waals surface area (Å²) in [5, 5.41) is 3.24. The third-order valence-electron chi connectivity index (χ3n) is 4.83. The molecule has 0 saturated carbocycles. The smallest absolute Gasteiger partial charge is 0.253 e. The summed E-state index contributed by atoms with van der Waals surface area (Å²) in [6.07, 6.45) is 0. The Kier molecular flexibility index (Phi) is 5.40. The first-order chi connectivity index (χ1) is 12.5. The van der Waals surface area contributed by atoms with E-state index in [0.717, 1.165) is 48.2 Å². The first-order valence-corrected chi connectivity index (χ1v) is 9.19. The second-order valence-electron chi connectivity index (χ2n) is 6.77. The Morgan fingerprint density at radius 3 is 2.42 bits per heavy atom. The van der Waals surface area contributed by atoms with Gasteiger partial charge in [-0.1, -0.05) is 6.07 Å². The van der Waals surface area contributed by atoms with Gasteiger partial charge in [-0.2, -0.15) is 0 Å². The fourth-order valence-electron chi connectivity index (χ4n) is 3.18. The van der Waals surface area contributed by atoms with Crippen LogP contribution in [0.15, 0.2) is 24.3 Å². The quantitative estimate of drug-likeness (QED) is 0.916. The van der Waals surface area contributed by atoms with E-state index >= 15 is 0 Å². The lowest BCUT2D eigenvalue weighted by Crippen LogP contribution is -2.49. The average Bonchev–Trinajstić information content (AvgIpc) is 2.63. The van der Waals surface area contributed by atoms with Crippen molar-refractivity contribution in [1.82, 2.24) is 14.9 Å². The van der Waals surface area contributed by atoms with Crippen molar-refractivity contribution in [2.75, 3.05) is 42.9 Å². The first-order valence-electron chi connectivity index (χ1n) is 9.19. The van der Waals surface area contributed by atoms with E-state index in [9.17, 15) is 4.79 Å². The lowest BCUT2D eigenvalue weighted by molar-refractivity contribution is 0.0746. The molecule has 0 unspecified atom stereocenters. The van der Waals surface area contributed by atoms with Crippen LogP contribution in [0.25, 0.3) is 0 Å². The van der Waals surface area contributed by atoms with Crippen molar-refractivity contribution in [2.45, 2.75) is 27.7 Å². The molecule has 2 aromatic rings. The van der Waals surface area contributed by atoms with Crippen LogP contribution in [0.3, 0.4) is 0 Å². The Balaban J connectivity index is 1.67. The maximum atomic E-state index is 12.8. The van der Waals surface area contributed by atoms with Crippen LogP contribution in [0.2, 0.25) is 0 Å². The maximum Gasteiger partial charge on any atom is 0.253 e. The lowest BCUT2D eigenvalue weighted by atomic mass is 10.1. The molecule has 1 aliphatic rings. The summed E-state index contributed by atoms with van der Waals surface area (Å²) in [7, 11) is 0. The van der Waals surface area contributed by atoms with Crippen molar-refractivity contribution in [1.29, 1.82) is 0 Å². The fourth-order valence-corrected chi connectivity index (χ4v) is 3.18. The normalized spacial score (nSPS) is 14.5. The number of amides is 1. The van der Waals surface area contributed by atoms with Gasteiger partial charge >= 0.3 is 0 Å². The SMILES string of the molecule is CCNc1cc(N2CCN(C(=O)c3ccc(C)c(C)c3)CC2)nc(C)n1. The van der Waals surface area contributed by atoms with Gasteiger partial charge in [0.25, 0.3) is 5.91 Å². The Bertz CT molecular complexity index is 797. The van der Waals surface area contributed by atoms with Crippen molar-refractivity contribution in [2.24, 2.45) is 0 Å². The monoisotopic (exact) mass is 353 g/mol. The molecule has 0 spiro atoms. The molecule has 1 amide bonds. The molecule has 3 rings (SSSR count). The van der Waals surface area contributed by atoms with E-state index in [1.54, 1.807) is 0 Å². The van der Waals surface area contributed by atoms with Crippen molar-refractivity contribution < 1.29 is 4.79 Å². The van der Waals surface area contributed by atoms with Crippen LogP contribution in [0.4, 0.5) is 11.6 Å². The second kappa shape index (κ2) is 7.72. The molecule has 1 aromatic heterocycles. The summed E-state index contributed by atoms with van der Waals surface area (Å²) < 4.78 is 0. The van der Waals surface area contributed by atoms with Gasteiger partial charge < -0.3 is 15.1 Å². The van der Waals surface area contributed by atoms with Crippen LogP contribution < -0.4 is 10.2 Å². The van der Waals surface area contributed by atoms with E-state index in [-0.39, 0.29) is 5.91 Å². The Morgan fingerprint density at radius 2 is 1.77 bits per heavy atom. The standard InChI is InChI=1S/C20H27N5O/c1-5-21-18-13-19(23-16(4)22-18)24-8-10-25(11-9-24)20(26)17-7-6-14(2)15(3)12-17/h6-7,12-13H,5,8-11H2,1-4H3,(H,21,22,23). The molecule has 1 fully saturated rings. The van der Waals surface area contributed by atoms with Gasteiger partial charge in [-0.3, -0.25) is 4.79 Å². The number of piperazine rings is 1. The minimum absolute atomic E-state index is 0.111. The van der Waals surface area contributed by atoms with E-state index in [1.807, 2.05) is 49.9 Å². The number of benzene rings is 1. The van der Waals surface area contributed by atoms with Gasteiger partial charge in [-0.25, -0.2) is 9.97 Å². The molecule has 0 radical (unpaired) electrons. The minimum atomic E-state index is 0.111. The minimum Gasteiger partial charge on any atom is -0.370 e. The lowest BCUT2D eigenvalue weighted by Gasteiger charge is -2.35. The van der Waals surface area contributed by atoms with Gasteiger partial charge in [0.1, 0.15) is 17.5 Å². The van der Waals surface area contributed by atoms with Gasteiger partial charge in [0.05, 0.1) is 0 Å². The highest BCUT2D eigenvalue weighted by Gasteiger charge is 2.23.